The standard InChI is InChI=1S/C12H15ClN4O2/c1-7(5-8(2)18)14-11(19)9-3-4-10-15-12(13)16-17(10)6-9/h3-4,6-8,18H,5H2,1-2H3,(H,14,19). The lowest BCUT2D eigenvalue weighted by Gasteiger charge is -2.15. The molecule has 2 unspecified atom stereocenters. The number of aromatic nitrogens is 3. The van der Waals surface area contributed by atoms with Crippen molar-refractivity contribution in [2.45, 2.75) is 32.4 Å². The lowest BCUT2D eigenvalue weighted by Crippen LogP contribution is -2.34. The molecule has 0 saturated carbocycles. The van der Waals surface area contributed by atoms with E-state index in [-0.39, 0.29) is 17.2 Å². The number of fused-ring (bicyclic) bond motifs is 1. The number of halogens is 1. The first kappa shape index (κ1) is 13.8. The van der Waals surface area contributed by atoms with Crippen molar-refractivity contribution < 1.29 is 9.90 Å². The van der Waals surface area contributed by atoms with Gasteiger partial charge in [-0.15, -0.1) is 5.10 Å². The Morgan fingerprint density at radius 1 is 1.53 bits per heavy atom. The molecule has 2 heterocycles. The average Bonchev–Trinajstić information content (AvgIpc) is 2.66. The Hall–Kier alpha value is -1.66. The highest BCUT2D eigenvalue weighted by molar-refractivity contribution is 6.28. The zero-order valence-electron chi connectivity index (χ0n) is 10.7. The van der Waals surface area contributed by atoms with Gasteiger partial charge in [0.2, 0.25) is 5.28 Å². The number of pyridine rings is 1. The zero-order valence-corrected chi connectivity index (χ0v) is 11.4. The average molecular weight is 283 g/mol. The normalized spacial score (nSPS) is 14.3. The topological polar surface area (TPSA) is 79.5 Å². The molecule has 7 heteroatoms. The molecule has 0 aliphatic heterocycles. The van der Waals surface area contributed by atoms with Crippen LogP contribution in [-0.2, 0) is 0 Å². The minimum absolute atomic E-state index is 0.109. The van der Waals surface area contributed by atoms with E-state index in [1.165, 1.54) is 4.52 Å². The number of carbonyl (C=O) groups is 1. The fourth-order valence-corrected chi connectivity index (χ4v) is 2.04. The molecule has 0 aliphatic carbocycles. The van der Waals surface area contributed by atoms with Gasteiger partial charge in [-0.2, -0.15) is 4.98 Å². The van der Waals surface area contributed by atoms with Crippen molar-refractivity contribution in [3.63, 3.8) is 0 Å². The molecule has 0 bridgehead atoms. The van der Waals surface area contributed by atoms with E-state index in [1.807, 2.05) is 6.92 Å². The van der Waals surface area contributed by atoms with Gasteiger partial charge < -0.3 is 10.4 Å². The van der Waals surface area contributed by atoms with Crippen molar-refractivity contribution in [2.24, 2.45) is 0 Å². The van der Waals surface area contributed by atoms with Crippen LogP contribution in [0.3, 0.4) is 0 Å². The van der Waals surface area contributed by atoms with E-state index in [4.69, 9.17) is 11.6 Å². The molecular formula is C12H15ClN4O2. The van der Waals surface area contributed by atoms with Gasteiger partial charge in [0.1, 0.15) is 0 Å². The molecule has 0 radical (unpaired) electrons. The van der Waals surface area contributed by atoms with E-state index in [2.05, 4.69) is 15.4 Å². The second-order valence-electron chi connectivity index (χ2n) is 4.56. The van der Waals surface area contributed by atoms with Gasteiger partial charge in [0, 0.05) is 12.2 Å². The molecular weight excluding hydrogens is 268 g/mol. The Balaban J connectivity index is 2.12. The minimum atomic E-state index is -0.452. The lowest BCUT2D eigenvalue weighted by atomic mass is 10.1. The lowest BCUT2D eigenvalue weighted by molar-refractivity contribution is 0.0922. The second kappa shape index (κ2) is 5.54. The summed E-state index contributed by atoms with van der Waals surface area (Å²) < 4.78 is 1.45. The number of rotatable bonds is 4. The maximum Gasteiger partial charge on any atom is 0.253 e. The van der Waals surface area contributed by atoms with Gasteiger partial charge in [-0.1, -0.05) is 0 Å². The third kappa shape index (κ3) is 3.42. The van der Waals surface area contributed by atoms with E-state index in [9.17, 15) is 9.90 Å². The molecule has 0 fully saturated rings. The number of hydrogen-bond donors (Lipinski definition) is 2. The molecule has 102 valence electrons. The van der Waals surface area contributed by atoms with E-state index < -0.39 is 6.10 Å². The van der Waals surface area contributed by atoms with Gasteiger partial charge in [-0.3, -0.25) is 4.79 Å². The number of hydrogen-bond acceptors (Lipinski definition) is 4. The zero-order chi connectivity index (χ0) is 14.0. The fraction of sp³-hybridized carbons (Fsp3) is 0.417. The second-order valence-corrected chi connectivity index (χ2v) is 4.90. The number of nitrogens with zero attached hydrogens (tertiary/aromatic N) is 3. The third-order valence-electron chi connectivity index (χ3n) is 2.64. The van der Waals surface area contributed by atoms with Crippen molar-refractivity contribution in [1.29, 1.82) is 0 Å². The van der Waals surface area contributed by atoms with E-state index in [0.717, 1.165) is 0 Å². The largest absolute Gasteiger partial charge is 0.393 e. The van der Waals surface area contributed by atoms with Crippen LogP contribution >= 0.6 is 11.6 Å². The molecule has 2 atom stereocenters. The molecule has 1 amide bonds. The fourth-order valence-electron chi connectivity index (χ4n) is 1.87. The first-order chi connectivity index (χ1) is 8.95. The van der Waals surface area contributed by atoms with Gasteiger partial charge in [-0.05, 0) is 44.0 Å². The molecule has 2 N–H and O–H groups in total. The van der Waals surface area contributed by atoms with Gasteiger partial charge in [0.25, 0.3) is 5.91 Å². The van der Waals surface area contributed by atoms with Crippen LogP contribution in [0.1, 0.15) is 30.6 Å². The number of carbonyl (C=O) groups excluding carboxylic acids is 1. The Morgan fingerprint density at radius 2 is 2.26 bits per heavy atom. The molecule has 0 saturated heterocycles. The van der Waals surface area contributed by atoms with Crippen molar-refractivity contribution in [3.05, 3.63) is 29.2 Å². The van der Waals surface area contributed by atoms with Crippen LogP contribution in [0.5, 0.6) is 0 Å². The summed E-state index contributed by atoms with van der Waals surface area (Å²) in [7, 11) is 0. The summed E-state index contributed by atoms with van der Waals surface area (Å²) >= 11 is 5.69. The number of nitrogens with one attached hydrogen (secondary N) is 1. The van der Waals surface area contributed by atoms with Crippen LogP contribution in [-0.4, -0.2) is 37.8 Å². The molecule has 0 aliphatic rings. The van der Waals surface area contributed by atoms with Crippen LogP contribution in [0.4, 0.5) is 0 Å². The summed E-state index contributed by atoms with van der Waals surface area (Å²) in [4.78, 5) is 16.0. The van der Waals surface area contributed by atoms with E-state index in [0.29, 0.717) is 17.6 Å². The van der Waals surface area contributed by atoms with E-state index in [1.54, 1.807) is 25.3 Å². The van der Waals surface area contributed by atoms with Crippen LogP contribution in [0, 0.1) is 0 Å². The number of aliphatic hydroxyl groups excluding tert-OH is 1. The Morgan fingerprint density at radius 3 is 2.95 bits per heavy atom. The highest BCUT2D eigenvalue weighted by Crippen LogP contribution is 2.08. The molecule has 2 aromatic rings. The van der Waals surface area contributed by atoms with Crippen LogP contribution in [0.25, 0.3) is 5.65 Å². The summed E-state index contributed by atoms with van der Waals surface area (Å²) in [5.41, 5.74) is 1.05. The molecule has 6 nitrogen and oxygen atoms in total. The van der Waals surface area contributed by atoms with Crippen molar-refractivity contribution in [1.82, 2.24) is 19.9 Å². The Bertz CT molecular complexity index is 596. The SMILES string of the molecule is CC(O)CC(C)NC(=O)c1ccc2nc(Cl)nn2c1. The Labute approximate surface area is 115 Å². The van der Waals surface area contributed by atoms with Gasteiger partial charge in [0.15, 0.2) is 5.65 Å². The third-order valence-corrected chi connectivity index (χ3v) is 2.80. The van der Waals surface area contributed by atoms with Gasteiger partial charge in [0.05, 0.1) is 11.7 Å². The smallest absolute Gasteiger partial charge is 0.253 e. The molecule has 0 aromatic carbocycles. The predicted molar refractivity (Wildman–Crippen MR) is 71.2 cm³/mol. The summed E-state index contributed by atoms with van der Waals surface area (Å²) in [6, 6.07) is 3.22. The number of aliphatic hydroxyl groups is 1. The van der Waals surface area contributed by atoms with E-state index >= 15 is 0 Å². The molecule has 19 heavy (non-hydrogen) atoms. The highest BCUT2D eigenvalue weighted by atomic mass is 35.5. The number of amides is 1. The summed E-state index contributed by atoms with van der Waals surface area (Å²) in [5.74, 6) is -0.221. The summed E-state index contributed by atoms with van der Waals surface area (Å²) in [6.07, 6.45) is 1.62. The Kier molecular flexibility index (Phi) is 4.01. The monoisotopic (exact) mass is 282 g/mol. The summed E-state index contributed by atoms with van der Waals surface area (Å²) in [6.45, 7) is 3.53. The first-order valence-electron chi connectivity index (χ1n) is 5.96. The van der Waals surface area contributed by atoms with Crippen molar-refractivity contribution >= 4 is 23.2 Å². The molecule has 0 spiro atoms. The van der Waals surface area contributed by atoms with Crippen LogP contribution in [0.2, 0.25) is 5.28 Å². The van der Waals surface area contributed by atoms with Crippen molar-refractivity contribution in [3.8, 4) is 0 Å². The summed E-state index contributed by atoms with van der Waals surface area (Å²) in [5, 5.41) is 16.1. The van der Waals surface area contributed by atoms with Crippen LogP contribution in [0.15, 0.2) is 18.3 Å². The van der Waals surface area contributed by atoms with Gasteiger partial charge in [-0.25, -0.2) is 4.52 Å². The predicted octanol–water partition coefficient (Wildman–Crippen LogP) is 1.27. The first-order valence-corrected chi connectivity index (χ1v) is 6.34. The maximum absolute atomic E-state index is 12.0. The van der Waals surface area contributed by atoms with Crippen molar-refractivity contribution in [2.75, 3.05) is 0 Å². The molecule has 2 rings (SSSR count). The molecule has 2 aromatic heterocycles. The quantitative estimate of drug-likeness (QED) is 0.885. The maximum atomic E-state index is 12.0. The highest BCUT2D eigenvalue weighted by Gasteiger charge is 2.13. The van der Waals surface area contributed by atoms with Gasteiger partial charge >= 0.3 is 0 Å². The minimum Gasteiger partial charge on any atom is -0.393 e. The van der Waals surface area contributed by atoms with Crippen LogP contribution < -0.4 is 5.32 Å².